The number of carbonyl (C=O) groups excluding carboxylic acids is 2. The van der Waals surface area contributed by atoms with Crippen LogP contribution in [0, 0.1) is 6.92 Å². The van der Waals surface area contributed by atoms with Gasteiger partial charge in [0.2, 0.25) is 0 Å². The molecule has 0 aliphatic rings. The van der Waals surface area contributed by atoms with Crippen LogP contribution in [0.3, 0.4) is 0 Å². The van der Waals surface area contributed by atoms with Crippen molar-refractivity contribution in [2.75, 3.05) is 11.9 Å². The molecule has 2 aromatic carbocycles. The summed E-state index contributed by atoms with van der Waals surface area (Å²) >= 11 is 6.08. The summed E-state index contributed by atoms with van der Waals surface area (Å²) in [5.74, 6) is -0.714. The van der Waals surface area contributed by atoms with Gasteiger partial charge in [0.25, 0.3) is 11.8 Å². The van der Waals surface area contributed by atoms with Crippen LogP contribution in [0.15, 0.2) is 66.7 Å². The molecule has 2 N–H and O–H groups in total. The fourth-order valence-electron chi connectivity index (χ4n) is 2.67. The van der Waals surface area contributed by atoms with E-state index in [2.05, 4.69) is 15.6 Å². The van der Waals surface area contributed by atoms with Gasteiger partial charge in [-0.3, -0.25) is 9.59 Å². The highest BCUT2D eigenvalue weighted by molar-refractivity contribution is 6.31. The second-order valence-electron chi connectivity index (χ2n) is 6.27. The van der Waals surface area contributed by atoms with Gasteiger partial charge in [0.1, 0.15) is 11.4 Å². The smallest absolute Gasteiger partial charge is 0.274 e. The lowest BCUT2D eigenvalue weighted by Crippen LogP contribution is -2.27. The summed E-state index contributed by atoms with van der Waals surface area (Å²) < 4.78 is 0. The molecule has 6 heteroatoms. The van der Waals surface area contributed by atoms with Crippen LogP contribution >= 0.6 is 11.6 Å². The average molecular weight is 394 g/mol. The first-order valence-electron chi connectivity index (χ1n) is 8.90. The van der Waals surface area contributed by atoms with Crippen molar-refractivity contribution in [1.82, 2.24) is 10.3 Å². The molecule has 0 radical (unpaired) electrons. The maximum Gasteiger partial charge on any atom is 0.274 e. The Labute approximate surface area is 168 Å². The lowest BCUT2D eigenvalue weighted by molar-refractivity contribution is 0.0949. The van der Waals surface area contributed by atoms with Gasteiger partial charge >= 0.3 is 0 Å². The van der Waals surface area contributed by atoms with Crippen LogP contribution < -0.4 is 10.6 Å². The molecule has 5 nitrogen and oxygen atoms in total. The number of aromatic nitrogens is 1. The largest absolute Gasteiger partial charge is 0.350 e. The van der Waals surface area contributed by atoms with Gasteiger partial charge in [-0.05, 0) is 48.7 Å². The zero-order chi connectivity index (χ0) is 19.9. The normalized spacial score (nSPS) is 10.4. The Morgan fingerprint density at radius 3 is 2.32 bits per heavy atom. The molecule has 0 atom stereocenters. The van der Waals surface area contributed by atoms with Crippen molar-refractivity contribution in [2.45, 2.75) is 13.3 Å². The number of pyridine rings is 1. The molecule has 142 valence electrons. The van der Waals surface area contributed by atoms with Crippen molar-refractivity contribution in [3.8, 4) is 0 Å². The molecule has 0 unspecified atom stereocenters. The molecule has 0 aliphatic heterocycles. The summed E-state index contributed by atoms with van der Waals surface area (Å²) in [6.07, 6.45) is 0.723. The molecular formula is C22H20ClN3O2. The van der Waals surface area contributed by atoms with Crippen LogP contribution in [0.4, 0.5) is 5.69 Å². The minimum atomic E-state index is -0.399. The van der Waals surface area contributed by atoms with Crippen LogP contribution in [-0.4, -0.2) is 23.3 Å². The predicted octanol–water partition coefficient (Wildman–Crippen LogP) is 4.27. The van der Waals surface area contributed by atoms with E-state index in [0.717, 1.165) is 17.5 Å². The quantitative estimate of drug-likeness (QED) is 0.657. The van der Waals surface area contributed by atoms with Crippen LogP contribution in [0.25, 0.3) is 0 Å². The van der Waals surface area contributed by atoms with E-state index in [1.165, 1.54) is 0 Å². The Kier molecular flexibility index (Phi) is 6.40. The average Bonchev–Trinajstić information content (AvgIpc) is 2.72. The highest BCUT2D eigenvalue weighted by atomic mass is 35.5. The molecule has 0 saturated heterocycles. The molecule has 0 bridgehead atoms. The SMILES string of the molecule is Cc1c(Cl)cccc1NC(=O)c1cccc(C(=O)NCCc2ccccc2)n1. The van der Waals surface area contributed by atoms with Gasteiger partial charge in [0.15, 0.2) is 0 Å². The summed E-state index contributed by atoms with van der Waals surface area (Å²) in [7, 11) is 0. The minimum absolute atomic E-state index is 0.162. The second-order valence-corrected chi connectivity index (χ2v) is 6.67. The third kappa shape index (κ3) is 4.96. The number of hydrogen-bond donors (Lipinski definition) is 2. The van der Waals surface area contributed by atoms with Gasteiger partial charge in [0.05, 0.1) is 0 Å². The molecule has 2 amide bonds. The second kappa shape index (κ2) is 9.15. The van der Waals surface area contributed by atoms with Gasteiger partial charge in [-0.25, -0.2) is 4.98 Å². The number of nitrogens with one attached hydrogen (secondary N) is 2. The molecule has 0 saturated carbocycles. The predicted molar refractivity (Wildman–Crippen MR) is 111 cm³/mol. The Morgan fingerprint density at radius 2 is 1.57 bits per heavy atom. The minimum Gasteiger partial charge on any atom is -0.350 e. The Bertz CT molecular complexity index is 990. The summed E-state index contributed by atoms with van der Waals surface area (Å²) in [4.78, 5) is 29.0. The fourth-order valence-corrected chi connectivity index (χ4v) is 2.85. The Hall–Kier alpha value is -3.18. The number of amides is 2. The van der Waals surface area contributed by atoms with E-state index in [-0.39, 0.29) is 17.3 Å². The molecule has 3 aromatic rings. The third-order valence-electron chi connectivity index (χ3n) is 4.27. The molecule has 1 heterocycles. The summed E-state index contributed by atoms with van der Waals surface area (Å²) in [6, 6.07) is 20.0. The first-order chi connectivity index (χ1) is 13.5. The zero-order valence-corrected chi connectivity index (χ0v) is 16.2. The molecular weight excluding hydrogens is 374 g/mol. The number of benzene rings is 2. The lowest BCUT2D eigenvalue weighted by atomic mass is 10.1. The highest BCUT2D eigenvalue weighted by Crippen LogP contribution is 2.23. The number of anilines is 1. The maximum atomic E-state index is 12.5. The van der Waals surface area contributed by atoms with Gasteiger partial charge < -0.3 is 10.6 Å². The van der Waals surface area contributed by atoms with E-state index in [0.29, 0.717) is 17.3 Å². The van der Waals surface area contributed by atoms with Crippen molar-refractivity contribution in [3.05, 3.63) is 94.3 Å². The molecule has 28 heavy (non-hydrogen) atoms. The van der Waals surface area contributed by atoms with E-state index in [1.807, 2.05) is 37.3 Å². The van der Waals surface area contributed by atoms with E-state index in [1.54, 1.807) is 36.4 Å². The third-order valence-corrected chi connectivity index (χ3v) is 4.68. The van der Waals surface area contributed by atoms with Gasteiger partial charge in [0, 0.05) is 17.3 Å². The molecule has 0 aliphatic carbocycles. The molecule has 0 spiro atoms. The van der Waals surface area contributed by atoms with Crippen LogP contribution in [0.5, 0.6) is 0 Å². The highest BCUT2D eigenvalue weighted by Gasteiger charge is 2.13. The van der Waals surface area contributed by atoms with E-state index in [9.17, 15) is 9.59 Å². The van der Waals surface area contributed by atoms with Gasteiger partial charge in [-0.15, -0.1) is 0 Å². The number of rotatable bonds is 6. The Morgan fingerprint density at radius 1 is 0.893 bits per heavy atom. The number of carbonyl (C=O) groups is 2. The van der Waals surface area contributed by atoms with E-state index in [4.69, 9.17) is 11.6 Å². The maximum absolute atomic E-state index is 12.5. The molecule has 0 fully saturated rings. The monoisotopic (exact) mass is 393 g/mol. The first kappa shape index (κ1) is 19.6. The summed E-state index contributed by atoms with van der Waals surface area (Å²) in [5, 5.41) is 6.18. The number of nitrogens with zero attached hydrogens (tertiary/aromatic N) is 1. The van der Waals surface area contributed by atoms with E-state index < -0.39 is 5.91 Å². The molecule has 3 rings (SSSR count). The van der Waals surface area contributed by atoms with Crippen LogP contribution in [-0.2, 0) is 6.42 Å². The first-order valence-corrected chi connectivity index (χ1v) is 9.28. The van der Waals surface area contributed by atoms with Crippen molar-refractivity contribution in [2.24, 2.45) is 0 Å². The lowest BCUT2D eigenvalue weighted by Gasteiger charge is -2.10. The van der Waals surface area contributed by atoms with Crippen molar-refractivity contribution < 1.29 is 9.59 Å². The van der Waals surface area contributed by atoms with Crippen LogP contribution in [0.1, 0.15) is 32.1 Å². The van der Waals surface area contributed by atoms with E-state index >= 15 is 0 Å². The topological polar surface area (TPSA) is 71.1 Å². The van der Waals surface area contributed by atoms with Crippen LogP contribution in [0.2, 0.25) is 5.02 Å². The van der Waals surface area contributed by atoms with Crippen molar-refractivity contribution in [1.29, 1.82) is 0 Å². The summed E-state index contributed by atoms with van der Waals surface area (Å²) in [6.45, 7) is 2.31. The van der Waals surface area contributed by atoms with Gasteiger partial charge in [-0.2, -0.15) is 0 Å². The zero-order valence-electron chi connectivity index (χ0n) is 15.4. The van der Waals surface area contributed by atoms with Crippen molar-refractivity contribution in [3.63, 3.8) is 0 Å². The number of halogens is 1. The number of hydrogen-bond acceptors (Lipinski definition) is 3. The molecule has 1 aromatic heterocycles. The van der Waals surface area contributed by atoms with Gasteiger partial charge in [-0.1, -0.05) is 54.1 Å². The van der Waals surface area contributed by atoms with Crippen molar-refractivity contribution >= 4 is 29.1 Å². The standard InChI is InChI=1S/C22H20ClN3O2/c1-15-17(23)9-5-10-18(15)26-22(28)20-12-6-11-19(25-20)21(27)24-14-13-16-7-3-2-4-8-16/h2-12H,13-14H2,1H3,(H,24,27)(H,26,28). The fraction of sp³-hybridized carbons (Fsp3) is 0.136. The summed E-state index contributed by atoms with van der Waals surface area (Å²) in [5.41, 5.74) is 2.88. The Balaban J connectivity index is 1.63.